The van der Waals surface area contributed by atoms with Crippen LogP contribution in [0, 0.1) is 0 Å². The lowest BCUT2D eigenvalue weighted by Gasteiger charge is -2.21. The van der Waals surface area contributed by atoms with Gasteiger partial charge in [-0.05, 0) is 42.8 Å². The van der Waals surface area contributed by atoms with E-state index in [4.69, 9.17) is 5.73 Å². The second-order valence-corrected chi connectivity index (χ2v) is 5.69. The molecule has 3 N–H and O–H groups in total. The Labute approximate surface area is 142 Å². The van der Waals surface area contributed by atoms with Crippen molar-refractivity contribution in [1.82, 2.24) is 4.90 Å². The molecule has 2 rings (SSSR count). The van der Waals surface area contributed by atoms with Gasteiger partial charge in [-0.15, -0.1) is 0 Å². The molecule has 0 aliphatic carbocycles. The molecule has 0 saturated carbocycles. The van der Waals surface area contributed by atoms with Crippen molar-refractivity contribution < 1.29 is 9.59 Å². The van der Waals surface area contributed by atoms with Crippen LogP contribution in [-0.2, 0) is 11.3 Å². The van der Waals surface area contributed by atoms with Crippen LogP contribution in [0.4, 0.5) is 5.69 Å². The highest BCUT2D eigenvalue weighted by Gasteiger charge is 2.11. The molecule has 0 aliphatic heterocycles. The van der Waals surface area contributed by atoms with E-state index in [1.165, 1.54) is 5.56 Å². The summed E-state index contributed by atoms with van der Waals surface area (Å²) in [6.07, 6.45) is 0.980. The smallest absolute Gasteiger partial charge is 0.248 e. The third-order valence-corrected chi connectivity index (χ3v) is 3.61. The molecule has 2 aromatic rings. The minimum Gasteiger partial charge on any atom is -0.366 e. The van der Waals surface area contributed by atoms with Gasteiger partial charge in [0.15, 0.2) is 0 Å². The second-order valence-electron chi connectivity index (χ2n) is 5.69. The zero-order valence-corrected chi connectivity index (χ0v) is 13.9. The van der Waals surface area contributed by atoms with Crippen molar-refractivity contribution >= 4 is 17.5 Å². The molecule has 5 heteroatoms. The van der Waals surface area contributed by atoms with Gasteiger partial charge in [0.1, 0.15) is 0 Å². The van der Waals surface area contributed by atoms with E-state index >= 15 is 0 Å². The number of anilines is 1. The maximum absolute atomic E-state index is 12.3. The molecule has 2 amide bonds. The number of hydrogen-bond acceptors (Lipinski definition) is 3. The van der Waals surface area contributed by atoms with Crippen LogP contribution in [0.3, 0.4) is 0 Å². The number of nitrogens with zero attached hydrogens (tertiary/aromatic N) is 1. The highest BCUT2D eigenvalue weighted by atomic mass is 16.2. The first-order valence-electron chi connectivity index (χ1n) is 8.04. The molecule has 126 valence electrons. The van der Waals surface area contributed by atoms with Gasteiger partial charge in [0, 0.05) is 17.8 Å². The second kappa shape index (κ2) is 8.84. The molecule has 0 atom stereocenters. The number of nitrogens with two attached hydrogens (primary N) is 1. The molecule has 2 aromatic carbocycles. The summed E-state index contributed by atoms with van der Waals surface area (Å²) in [4.78, 5) is 25.4. The molecule has 0 heterocycles. The zero-order chi connectivity index (χ0) is 17.4. The molecule has 0 aliphatic rings. The molecular weight excluding hydrogens is 302 g/mol. The molecule has 0 radical (unpaired) electrons. The Hall–Kier alpha value is -2.66. The van der Waals surface area contributed by atoms with Crippen molar-refractivity contribution in [3.63, 3.8) is 0 Å². The van der Waals surface area contributed by atoms with Crippen molar-refractivity contribution in [3.05, 3.63) is 65.7 Å². The van der Waals surface area contributed by atoms with Gasteiger partial charge in [0.25, 0.3) is 0 Å². The van der Waals surface area contributed by atoms with Gasteiger partial charge in [-0.25, -0.2) is 0 Å². The summed E-state index contributed by atoms with van der Waals surface area (Å²) in [5.74, 6) is -0.559. The number of hydrogen-bond donors (Lipinski definition) is 2. The molecule has 0 fully saturated rings. The predicted molar refractivity (Wildman–Crippen MR) is 95.6 cm³/mol. The lowest BCUT2D eigenvalue weighted by Crippen LogP contribution is -2.33. The van der Waals surface area contributed by atoms with E-state index in [-0.39, 0.29) is 5.91 Å². The van der Waals surface area contributed by atoms with Crippen LogP contribution in [0.2, 0.25) is 0 Å². The van der Waals surface area contributed by atoms with E-state index in [0.717, 1.165) is 19.5 Å². The summed E-state index contributed by atoms with van der Waals surface area (Å²) in [5.41, 5.74) is 7.46. The Kier molecular flexibility index (Phi) is 6.51. The highest BCUT2D eigenvalue weighted by Crippen LogP contribution is 2.10. The number of benzene rings is 2. The summed E-state index contributed by atoms with van der Waals surface area (Å²) in [6.45, 7) is 4.00. The first-order chi connectivity index (χ1) is 11.6. The van der Waals surface area contributed by atoms with Crippen LogP contribution in [0.1, 0.15) is 29.3 Å². The number of amides is 2. The highest BCUT2D eigenvalue weighted by molar-refractivity contribution is 5.95. The Balaban J connectivity index is 1.93. The van der Waals surface area contributed by atoms with Crippen molar-refractivity contribution in [3.8, 4) is 0 Å². The molecule has 0 spiro atoms. The van der Waals surface area contributed by atoms with Gasteiger partial charge in [0.2, 0.25) is 11.8 Å². The van der Waals surface area contributed by atoms with E-state index < -0.39 is 5.91 Å². The molecule has 0 saturated heterocycles. The predicted octanol–water partition coefficient (Wildman–Crippen LogP) is 2.64. The quantitative estimate of drug-likeness (QED) is 0.783. The monoisotopic (exact) mass is 325 g/mol. The summed E-state index contributed by atoms with van der Waals surface area (Å²) < 4.78 is 0. The van der Waals surface area contributed by atoms with E-state index in [2.05, 4.69) is 29.3 Å². The van der Waals surface area contributed by atoms with E-state index in [1.54, 1.807) is 24.3 Å². The van der Waals surface area contributed by atoms with E-state index in [9.17, 15) is 9.59 Å². The number of carbonyl (C=O) groups excluding carboxylic acids is 2. The maximum Gasteiger partial charge on any atom is 0.248 e. The standard InChI is InChI=1S/C19H23N3O2/c1-2-12-22(13-15-6-4-3-5-7-15)14-18(23)21-17-10-8-16(9-11-17)19(20)24/h3-11H,2,12-14H2,1H3,(H2,20,24)(H,21,23). The number of primary amides is 1. The van der Waals surface area contributed by atoms with E-state index in [0.29, 0.717) is 17.8 Å². The first kappa shape index (κ1) is 17.7. The van der Waals surface area contributed by atoms with Gasteiger partial charge in [-0.1, -0.05) is 37.3 Å². The average Bonchev–Trinajstić information content (AvgIpc) is 2.56. The Morgan fingerprint density at radius 1 is 1.04 bits per heavy atom. The summed E-state index contributed by atoms with van der Waals surface area (Å²) in [6, 6.07) is 16.7. The van der Waals surface area contributed by atoms with Gasteiger partial charge < -0.3 is 11.1 Å². The summed E-state index contributed by atoms with van der Waals surface area (Å²) >= 11 is 0. The van der Waals surface area contributed by atoms with Gasteiger partial charge in [0.05, 0.1) is 6.54 Å². The number of nitrogens with one attached hydrogen (secondary N) is 1. The van der Waals surface area contributed by atoms with Crippen molar-refractivity contribution in [2.24, 2.45) is 5.73 Å². The topological polar surface area (TPSA) is 75.4 Å². The first-order valence-corrected chi connectivity index (χ1v) is 8.04. The Morgan fingerprint density at radius 3 is 2.29 bits per heavy atom. The fourth-order valence-electron chi connectivity index (χ4n) is 2.49. The summed E-state index contributed by atoms with van der Waals surface area (Å²) in [7, 11) is 0. The lowest BCUT2D eigenvalue weighted by atomic mass is 10.2. The Morgan fingerprint density at radius 2 is 1.71 bits per heavy atom. The molecular formula is C19H23N3O2. The third kappa shape index (κ3) is 5.52. The van der Waals surface area contributed by atoms with Gasteiger partial charge in [-0.3, -0.25) is 14.5 Å². The minimum atomic E-state index is -0.482. The van der Waals surface area contributed by atoms with Crippen LogP contribution in [0.25, 0.3) is 0 Å². The van der Waals surface area contributed by atoms with Gasteiger partial charge in [-0.2, -0.15) is 0 Å². The minimum absolute atomic E-state index is 0.0776. The number of rotatable bonds is 8. The third-order valence-electron chi connectivity index (χ3n) is 3.61. The number of carbonyl (C=O) groups is 2. The lowest BCUT2D eigenvalue weighted by molar-refractivity contribution is -0.117. The Bertz CT molecular complexity index is 669. The van der Waals surface area contributed by atoms with Crippen LogP contribution in [0.15, 0.2) is 54.6 Å². The van der Waals surface area contributed by atoms with Crippen LogP contribution < -0.4 is 11.1 Å². The van der Waals surface area contributed by atoms with Crippen LogP contribution >= 0.6 is 0 Å². The van der Waals surface area contributed by atoms with Crippen molar-refractivity contribution in [1.29, 1.82) is 0 Å². The largest absolute Gasteiger partial charge is 0.366 e. The fourth-order valence-corrected chi connectivity index (χ4v) is 2.49. The van der Waals surface area contributed by atoms with E-state index in [1.807, 2.05) is 18.2 Å². The molecule has 24 heavy (non-hydrogen) atoms. The SMILES string of the molecule is CCCN(CC(=O)Nc1ccc(C(N)=O)cc1)Cc1ccccc1. The molecule has 0 bridgehead atoms. The summed E-state index contributed by atoms with van der Waals surface area (Å²) in [5, 5.41) is 2.85. The maximum atomic E-state index is 12.3. The molecule has 5 nitrogen and oxygen atoms in total. The molecule has 0 unspecified atom stereocenters. The van der Waals surface area contributed by atoms with Crippen molar-refractivity contribution in [2.45, 2.75) is 19.9 Å². The zero-order valence-electron chi connectivity index (χ0n) is 13.9. The normalized spacial score (nSPS) is 10.6. The fraction of sp³-hybridized carbons (Fsp3) is 0.263. The average molecular weight is 325 g/mol. The van der Waals surface area contributed by atoms with Crippen LogP contribution in [-0.4, -0.2) is 29.8 Å². The molecule has 0 aromatic heterocycles. The van der Waals surface area contributed by atoms with Crippen molar-refractivity contribution in [2.75, 3.05) is 18.4 Å². The van der Waals surface area contributed by atoms with Crippen LogP contribution in [0.5, 0.6) is 0 Å². The van der Waals surface area contributed by atoms with Gasteiger partial charge >= 0.3 is 0 Å².